The van der Waals surface area contributed by atoms with Crippen LogP contribution in [0.4, 0.5) is 0 Å². The number of carbonyl (C=O) groups is 2. The van der Waals surface area contributed by atoms with E-state index in [9.17, 15) is 9.59 Å². The summed E-state index contributed by atoms with van der Waals surface area (Å²) in [6.07, 6.45) is 5.56. The summed E-state index contributed by atoms with van der Waals surface area (Å²) in [4.78, 5) is 28.4. The molecule has 0 aliphatic carbocycles. The van der Waals surface area contributed by atoms with Gasteiger partial charge in [0.1, 0.15) is 0 Å². The van der Waals surface area contributed by atoms with Crippen LogP contribution < -0.4 is 22.9 Å². The van der Waals surface area contributed by atoms with Crippen LogP contribution in [0.3, 0.4) is 0 Å². The van der Waals surface area contributed by atoms with Crippen LogP contribution in [0.5, 0.6) is 0 Å². The molecule has 0 spiro atoms. The monoisotopic (exact) mass is 516 g/mol. The molecule has 0 radical (unpaired) electrons. The van der Waals surface area contributed by atoms with Crippen LogP contribution in [0.25, 0.3) is 0 Å². The number of hydrogen-bond acceptors (Lipinski definition) is 6. The number of halogens is 4. The lowest BCUT2D eigenvalue weighted by atomic mass is 10.1. The van der Waals surface area contributed by atoms with Crippen molar-refractivity contribution in [2.75, 3.05) is 52.4 Å². The molecule has 0 saturated heterocycles. The van der Waals surface area contributed by atoms with Gasteiger partial charge in [0.05, 0.1) is 0 Å². The predicted molar refractivity (Wildman–Crippen MR) is 135 cm³/mol. The Morgan fingerprint density at radius 1 is 0.467 bits per heavy atom. The third-order valence-corrected chi connectivity index (χ3v) is 4.27. The number of nitrogens with two attached hydrogens (primary N) is 4. The predicted octanol–water partition coefficient (Wildman–Crippen LogP) is 1.29. The normalized spacial score (nSPS) is 9.33. The van der Waals surface area contributed by atoms with Crippen molar-refractivity contribution in [2.45, 2.75) is 51.4 Å². The summed E-state index contributed by atoms with van der Waals surface area (Å²) in [6.45, 7) is 5.01. The summed E-state index contributed by atoms with van der Waals surface area (Å²) in [6, 6.07) is 0. The Morgan fingerprint density at radius 3 is 0.900 bits per heavy atom. The molecule has 0 bridgehead atoms. The molecular formula is C18H44Cl4N6O2. The molecule has 30 heavy (non-hydrogen) atoms. The van der Waals surface area contributed by atoms with Crippen molar-refractivity contribution in [1.29, 1.82) is 0 Å². The second-order valence-electron chi connectivity index (χ2n) is 6.54. The van der Waals surface area contributed by atoms with Gasteiger partial charge in [-0.15, -0.1) is 49.6 Å². The highest BCUT2D eigenvalue weighted by Gasteiger charge is 2.15. The van der Waals surface area contributed by atoms with Gasteiger partial charge in [-0.05, 0) is 64.7 Å². The summed E-state index contributed by atoms with van der Waals surface area (Å²) in [5.74, 6) is 0.255. The first-order valence-electron chi connectivity index (χ1n) is 9.96. The van der Waals surface area contributed by atoms with Gasteiger partial charge in [0.2, 0.25) is 11.8 Å². The number of carbonyl (C=O) groups excluding carboxylic acids is 2. The van der Waals surface area contributed by atoms with Crippen LogP contribution in [0.15, 0.2) is 0 Å². The standard InChI is InChI=1S/C18H40N6O2.4ClH/c19-9-3-13-23(14-4-10-20)17(25)7-1-2-8-18(26)24(15-5-11-21)16-6-12-22;;;;/h1-16,19-22H2;4*1H. The molecule has 0 aliphatic heterocycles. The summed E-state index contributed by atoms with van der Waals surface area (Å²) in [5.41, 5.74) is 22.2. The summed E-state index contributed by atoms with van der Waals surface area (Å²) < 4.78 is 0. The number of rotatable bonds is 17. The first-order chi connectivity index (χ1) is 12.6. The third-order valence-electron chi connectivity index (χ3n) is 4.27. The van der Waals surface area contributed by atoms with Crippen LogP contribution in [0.1, 0.15) is 51.4 Å². The second kappa shape index (κ2) is 28.9. The molecule has 0 rings (SSSR count). The molecule has 8 nitrogen and oxygen atoms in total. The molecular weight excluding hydrogens is 474 g/mol. The van der Waals surface area contributed by atoms with Gasteiger partial charge in [0, 0.05) is 39.0 Å². The second-order valence-corrected chi connectivity index (χ2v) is 6.54. The summed E-state index contributed by atoms with van der Waals surface area (Å²) in [7, 11) is 0. The fourth-order valence-electron chi connectivity index (χ4n) is 2.72. The van der Waals surface area contributed by atoms with E-state index >= 15 is 0 Å². The van der Waals surface area contributed by atoms with E-state index in [0.29, 0.717) is 78.0 Å². The quantitative estimate of drug-likeness (QED) is 0.214. The van der Waals surface area contributed by atoms with E-state index in [4.69, 9.17) is 22.9 Å². The molecule has 12 heteroatoms. The average molecular weight is 518 g/mol. The fourth-order valence-corrected chi connectivity index (χ4v) is 2.72. The van der Waals surface area contributed by atoms with E-state index in [1.165, 1.54) is 0 Å². The lowest BCUT2D eigenvalue weighted by molar-refractivity contribution is -0.133. The van der Waals surface area contributed by atoms with E-state index < -0.39 is 0 Å². The SMILES string of the molecule is Cl.Cl.Cl.Cl.NCCCN(CCCN)C(=O)CCCCC(=O)N(CCCN)CCCN. The van der Waals surface area contributed by atoms with Gasteiger partial charge in [-0.2, -0.15) is 0 Å². The Bertz CT molecular complexity index is 335. The molecule has 0 aromatic carbocycles. The van der Waals surface area contributed by atoms with Crippen LogP contribution in [-0.4, -0.2) is 74.0 Å². The average Bonchev–Trinajstić information content (AvgIpc) is 2.65. The van der Waals surface area contributed by atoms with Crippen molar-refractivity contribution in [2.24, 2.45) is 22.9 Å². The van der Waals surface area contributed by atoms with Gasteiger partial charge in [-0.25, -0.2) is 0 Å². The number of nitrogens with zero attached hydrogens (tertiary/aromatic N) is 2. The minimum absolute atomic E-state index is 0. The maximum Gasteiger partial charge on any atom is 0.222 e. The van der Waals surface area contributed by atoms with E-state index in [2.05, 4.69) is 0 Å². The molecule has 0 aromatic heterocycles. The smallest absolute Gasteiger partial charge is 0.222 e. The van der Waals surface area contributed by atoms with Gasteiger partial charge in [-0.3, -0.25) is 9.59 Å². The van der Waals surface area contributed by atoms with Crippen LogP contribution in [0, 0.1) is 0 Å². The number of unbranched alkanes of at least 4 members (excludes halogenated alkanes) is 1. The highest BCUT2D eigenvalue weighted by molar-refractivity contribution is 5.86. The van der Waals surface area contributed by atoms with Crippen molar-refractivity contribution in [3.8, 4) is 0 Å². The Labute approximate surface area is 207 Å². The Morgan fingerprint density at radius 2 is 0.700 bits per heavy atom. The van der Waals surface area contributed by atoms with Crippen molar-refractivity contribution < 1.29 is 9.59 Å². The molecule has 8 N–H and O–H groups in total. The van der Waals surface area contributed by atoms with Crippen LogP contribution >= 0.6 is 49.6 Å². The van der Waals surface area contributed by atoms with Crippen molar-refractivity contribution in [1.82, 2.24) is 9.80 Å². The van der Waals surface area contributed by atoms with E-state index in [-0.39, 0.29) is 61.4 Å². The Kier molecular flexibility index (Phi) is 38.9. The van der Waals surface area contributed by atoms with Crippen molar-refractivity contribution in [3.05, 3.63) is 0 Å². The number of hydrogen-bond donors (Lipinski definition) is 4. The molecule has 2 amide bonds. The fraction of sp³-hybridized carbons (Fsp3) is 0.889. The zero-order valence-corrected chi connectivity index (χ0v) is 21.2. The molecule has 0 aliphatic rings. The largest absolute Gasteiger partial charge is 0.343 e. The van der Waals surface area contributed by atoms with Crippen LogP contribution in [0.2, 0.25) is 0 Å². The molecule has 0 atom stereocenters. The lowest BCUT2D eigenvalue weighted by Gasteiger charge is -2.23. The van der Waals surface area contributed by atoms with E-state index in [1.807, 2.05) is 9.80 Å². The highest BCUT2D eigenvalue weighted by Crippen LogP contribution is 2.08. The van der Waals surface area contributed by atoms with Gasteiger partial charge in [0.25, 0.3) is 0 Å². The molecule has 186 valence electrons. The first-order valence-corrected chi connectivity index (χ1v) is 9.96. The molecule has 0 fully saturated rings. The Hall–Kier alpha value is -0.0600. The zero-order chi connectivity index (χ0) is 19.6. The van der Waals surface area contributed by atoms with Crippen molar-refractivity contribution >= 4 is 61.4 Å². The van der Waals surface area contributed by atoms with Gasteiger partial charge in [0.15, 0.2) is 0 Å². The zero-order valence-electron chi connectivity index (χ0n) is 18.0. The minimum Gasteiger partial charge on any atom is -0.343 e. The third kappa shape index (κ3) is 21.2. The molecule has 0 unspecified atom stereocenters. The van der Waals surface area contributed by atoms with Crippen LogP contribution in [-0.2, 0) is 9.59 Å². The maximum absolute atomic E-state index is 12.3. The summed E-state index contributed by atoms with van der Waals surface area (Å²) >= 11 is 0. The molecule has 0 aromatic rings. The van der Waals surface area contributed by atoms with Gasteiger partial charge < -0.3 is 32.7 Å². The first kappa shape index (κ1) is 40.3. The highest BCUT2D eigenvalue weighted by atomic mass is 35.5. The van der Waals surface area contributed by atoms with E-state index in [1.54, 1.807) is 0 Å². The molecule has 0 saturated carbocycles. The summed E-state index contributed by atoms with van der Waals surface area (Å²) in [5, 5.41) is 0. The van der Waals surface area contributed by atoms with Gasteiger partial charge >= 0.3 is 0 Å². The number of amides is 2. The minimum atomic E-state index is 0. The maximum atomic E-state index is 12.3. The molecule has 0 heterocycles. The van der Waals surface area contributed by atoms with Crippen molar-refractivity contribution in [3.63, 3.8) is 0 Å². The van der Waals surface area contributed by atoms with E-state index in [0.717, 1.165) is 25.7 Å². The lowest BCUT2D eigenvalue weighted by Crippen LogP contribution is -2.35. The van der Waals surface area contributed by atoms with Gasteiger partial charge in [-0.1, -0.05) is 0 Å². The topological polar surface area (TPSA) is 145 Å². The Balaban J connectivity index is -0.000000521.